The predicted octanol–water partition coefficient (Wildman–Crippen LogP) is 6.77. The minimum Gasteiger partial charge on any atom is -0.305 e. The van der Waals surface area contributed by atoms with Gasteiger partial charge in [0.2, 0.25) is 12.7 Å². The highest BCUT2D eigenvalue weighted by molar-refractivity contribution is 7.93. The molecule has 0 saturated heterocycles. The number of benzene rings is 3. The van der Waals surface area contributed by atoms with Crippen molar-refractivity contribution in [3.05, 3.63) is 96.1 Å². The molecule has 2 nitrogen and oxygen atoms in total. The van der Waals surface area contributed by atoms with E-state index in [0.717, 1.165) is 12.8 Å². The molecule has 0 heterocycles. The lowest BCUT2D eigenvalue weighted by molar-refractivity contribution is 0.107. The summed E-state index contributed by atoms with van der Waals surface area (Å²) in [5, 5.41) is 1.15. The van der Waals surface area contributed by atoms with Crippen molar-refractivity contribution in [3.8, 4) is 0 Å². The summed E-state index contributed by atoms with van der Waals surface area (Å²) in [6, 6.07) is 26.0. The largest absolute Gasteiger partial charge is 0.305 e. The number of carbonyl (C=O) groups excluding carboxylic acids is 1. The summed E-state index contributed by atoms with van der Waals surface area (Å²) < 4.78 is 14.2. The van der Waals surface area contributed by atoms with Crippen molar-refractivity contribution < 1.29 is 9.36 Å². The van der Waals surface area contributed by atoms with Gasteiger partial charge >= 0.3 is 0 Å². The van der Waals surface area contributed by atoms with E-state index in [9.17, 15) is 9.36 Å². The quantitative estimate of drug-likeness (QED) is 0.397. The Kier molecular flexibility index (Phi) is 6.78. The van der Waals surface area contributed by atoms with Gasteiger partial charge in [-0.15, -0.1) is 0 Å². The van der Waals surface area contributed by atoms with Crippen LogP contribution >= 0.6 is 7.14 Å². The van der Waals surface area contributed by atoms with Crippen molar-refractivity contribution in [2.75, 3.05) is 0 Å². The van der Waals surface area contributed by atoms with Crippen LogP contribution in [-0.4, -0.2) is 5.52 Å². The third kappa shape index (κ3) is 4.50. The molecule has 0 aliphatic carbocycles. The Hall–Kier alpha value is -2.44. The van der Waals surface area contributed by atoms with E-state index in [1.807, 2.05) is 60.7 Å². The molecule has 0 aromatic heterocycles. The lowest BCUT2D eigenvalue weighted by Crippen LogP contribution is -2.23. The van der Waals surface area contributed by atoms with E-state index < -0.39 is 7.14 Å². The first kappa shape index (κ1) is 22.2. The second-order valence-corrected chi connectivity index (χ2v) is 11.6. The summed E-state index contributed by atoms with van der Waals surface area (Å²) in [7, 11) is -3.46. The Morgan fingerprint density at radius 1 is 0.800 bits per heavy atom. The SMILES string of the molecule is CCCC(c1ccc(C(=O)P(=O)(c2ccccc2)c2ccccc2)cc1)C(C)(C)C. The van der Waals surface area contributed by atoms with Gasteiger partial charge in [-0.2, -0.15) is 0 Å². The summed E-state index contributed by atoms with van der Waals surface area (Å²) in [5.74, 6) is 0.418. The van der Waals surface area contributed by atoms with E-state index in [1.54, 1.807) is 24.3 Å². The van der Waals surface area contributed by atoms with Gasteiger partial charge in [0, 0.05) is 16.2 Å². The molecule has 3 aromatic carbocycles. The minimum absolute atomic E-state index is 0.144. The third-order valence-electron chi connectivity index (χ3n) is 5.71. The summed E-state index contributed by atoms with van der Waals surface area (Å²) >= 11 is 0. The molecular weight excluding hydrogens is 387 g/mol. The molecule has 0 aliphatic heterocycles. The van der Waals surface area contributed by atoms with Crippen molar-refractivity contribution in [1.29, 1.82) is 0 Å². The number of hydrogen-bond acceptors (Lipinski definition) is 2. The highest BCUT2D eigenvalue weighted by atomic mass is 31.2. The molecule has 0 aliphatic rings. The lowest BCUT2D eigenvalue weighted by Gasteiger charge is -2.31. The average molecular weight is 419 g/mol. The van der Waals surface area contributed by atoms with E-state index in [1.165, 1.54) is 5.56 Å². The van der Waals surface area contributed by atoms with E-state index in [-0.39, 0.29) is 10.9 Å². The van der Waals surface area contributed by atoms with Crippen LogP contribution in [0.3, 0.4) is 0 Å². The van der Waals surface area contributed by atoms with Crippen LogP contribution in [-0.2, 0) is 4.57 Å². The van der Waals surface area contributed by atoms with E-state index in [2.05, 4.69) is 27.7 Å². The second kappa shape index (κ2) is 9.14. The molecule has 156 valence electrons. The number of rotatable bonds is 7. The molecule has 3 heteroatoms. The molecule has 1 atom stereocenters. The van der Waals surface area contributed by atoms with Gasteiger partial charge in [0.25, 0.3) is 0 Å². The highest BCUT2D eigenvalue weighted by Gasteiger charge is 2.36. The van der Waals surface area contributed by atoms with Crippen molar-refractivity contribution in [1.82, 2.24) is 0 Å². The van der Waals surface area contributed by atoms with Crippen LogP contribution < -0.4 is 10.6 Å². The highest BCUT2D eigenvalue weighted by Crippen LogP contribution is 2.47. The molecular formula is C27H31O2P. The van der Waals surface area contributed by atoms with E-state index in [0.29, 0.717) is 22.1 Å². The predicted molar refractivity (Wildman–Crippen MR) is 128 cm³/mol. The molecule has 0 radical (unpaired) electrons. The van der Waals surface area contributed by atoms with Crippen LogP contribution in [0.1, 0.15) is 62.4 Å². The Labute approximate surface area is 180 Å². The standard InChI is InChI=1S/C27H31O2P/c1-5-12-25(27(2,3)4)21-17-19-22(20-18-21)26(28)30(29,23-13-8-6-9-14-23)24-15-10-7-11-16-24/h6-11,13-20,25H,5,12H2,1-4H3. The van der Waals surface area contributed by atoms with E-state index in [4.69, 9.17) is 0 Å². The maximum atomic E-state index is 14.2. The molecule has 30 heavy (non-hydrogen) atoms. The molecule has 3 rings (SSSR count). The van der Waals surface area contributed by atoms with E-state index >= 15 is 0 Å². The molecule has 0 N–H and O–H groups in total. The van der Waals surface area contributed by atoms with Crippen LogP contribution in [0.25, 0.3) is 0 Å². The summed E-state index contributed by atoms with van der Waals surface area (Å²) in [4.78, 5) is 13.6. The van der Waals surface area contributed by atoms with Crippen LogP contribution in [0.4, 0.5) is 0 Å². The molecule has 0 saturated carbocycles. The first-order valence-corrected chi connectivity index (χ1v) is 12.3. The Balaban J connectivity index is 2.03. The van der Waals surface area contributed by atoms with Gasteiger partial charge in [-0.25, -0.2) is 0 Å². The van der Waals surface area contributed by atoms with Gasteiger partial charge in [-0.3, -0.25) is 4.79 Å². The van der Waals surface area contributed by atoms with Gasteiger partial charge in [0.05, 0.1) is 0 Å². The average Bonchev–Trinajstić information content (AvgIpc) is 2.77. The third-order valence-corrected chi connectivity index (χ3v) is 8.59. The Morgan fingerprint density at radius 3 is 1.67 bits per heavy atom. The number of carbonyl (C=O) groups is 1. The maximum Gasteiger partial charge on any atom is 0.230 e. The molecule has 0 spiro atoms. The topological polar surface area (TPSA) is 34.1 Å². The fourth-order valence-corrected chi connectivity index (χ4v) is 6.55. The molecule has 3 aromatic rings. The summed E-state index contributed by atoms with van der Waals surface area (Å²) in [6.45, 7) is 8.97. The zero-order valence-corrected chi connectivity index (χ0v) is 19.2. The first-order chi connectivity index (χ1) is 14.3. The maximum absolute atomic E-state index is 14.2. The zero-order chi connectivity index (χ0) is 21.8. The van der Waals surface area contributed by atoms with Crippen LogP contribution in [0.15, 0.2) is 84.9 Å². The van der Waals surface area contributed by atoms with Crippen molar-refractivity contribution in [3.63, 3.8) is 0 Å². The zero-order valence-electron chi connectivity index (χ0n) is 18.3. The Morgan fingerprint density at radius 2 is 1.27 bits per heavy atom. The monoisotopic (exact) mass is 418 g/mol. The molecule has 1 unspecified atom stereocenters. The summed E-state index contributed by atoms with van der Waals surface area (Å²) in [6.07, 6.45) is 2.21. The number of hydrogen-bond donors (Lipinski definition) is 0. The Bertz CT molecular complexity index is 972. The van der Waals surface area contributed by atoms with Gasteiger partial charge in [-0.1, -0.05) is 119 Å². The van der Waals surface area contributed by atoms with Gasteiger partial charge in [0.1, 0.15) is 0 Å². The fourth-order valence-electron chi connectivity index (χ4n) is 4.09. The first-order valence-electron chi connectivity index (χ1n) is 10.6. The van der Waals surface area contributed by atoms with Crippen molar-refractivity contribution >= 4 is 23.3 Å². The van der Waals surface area contributed by atoms with Gasteiger partial charge in [0.15, 0.2) is 0 Å². The van der Waals surface area contributed by atoms with Crippen LogP contribution in [0.5, 0.6) is 0 Å². The van der Waals surface area contributed by atoms with Crippen molar-refractivity contribution in [2.45, 2.75) is 46.5 Å². The molecule has 0 fully saturated rings. The normalized spacial score (nSPS) is 13.1. The minimum atomic E-state index is -3.46. The summed E-state index contributed by atoms with van der Waals surface area (Å²) in [5.41, 5.74) is 1.56. The lowest BCUT2D eigenvalue weighted by atomic mass is 9.74. The molecule has 0 bridgehead atoms. The smallest absolute Gasteiger partial charge is 0.230 e. The van der Waals surface area contributed by atoms with Gasteiger partial charge in [-0.05, 0) is 23.3 Å². The second-order valence-electron chi connectivity index (χ2n) is 8.91. The van der Waals surface area contributed by atoms with Gasteiger partial charge < -0.3 is 4.57 Å². The van der Waals surface area contributed by atoms with Crippen LogP contribution in [0, 0.1) is 5.41 Å². The van der Waals surface area contributed by atoms with Crippen molar-refractivity contribution in [2.24, 2.45) is 5.41 Å². The fraction of sp³-hybridized carbons (Fsp3) is 0.296. The van der Waals surface area contributed by atoms with Crippen LogP contribution in [0.2, 0.25) is 0 Å². The molecule has 0 amide bonds.